The van der Waals surface area contributed by atoms with E-state index >= 15 is 0 Å². The van der Waals surface area contributed by atoms with E-state index in [-0.39, 0.29) is 0 Å². The van der Waals surface area contributed by atoms with E-state index < -0.39 is 5.95 Å². The monoisotopic (exact) mass is 115 g/mol. The van der Waals surface area contributed by atoms with Gasteiger partial charge in [-0.15, -0.1) is 0 Å². The lowest BCUT2D eigenvalue weighted by Gasteiger charge is -1.74. The van der Waals surface area contributed by atoms with Gasteiger partial charge in [0.1, 0.15) is 10.1 Å². The number of nitrogens with zero attached hydrogens (tertiary/aromatic N) is 3. The SMILES string of the molecule is O=N[n+]1cc([O-])on1. The molecule has 0 spiro atoms. The second kappa shape index (κ2) is 1.57. The maximum Gasteiger partial charge on any atom is 0.274 e. The second-order valence-electron chi connectivity index (χ2n) is 1.02. The first kappa shape index (κ1) is 4.69. The van der Waals surface area contributed by atoms with E-state index in [9.17, 15) is 10.0 Å². The molecule has 6 heteroatoms. The summed E-state index contributed by atoms with van der Waals surface area (Å²) in [5.41, 5.74) is 0. The van der Waals surface area contributed by atoms with Crippen molar-refractivity contribution in [1.29, 1.82) is 0 Å². The molecule has 0 saturated carbocycles. The van der Waals surface area contributed by atoms with Crippen LogP contribution in [0.4, 0.5) is 0 Å². The Balaban J connectivity index is 3.00. The molecule has 0 fully saturated rings. The molecule has 0 aliphatic heterocycles. The average molecular weight is 115 g/mol. The smallest absolute Gasteiger partial charge is 0.274 e. The van der Waals surface area contributed by atoms with Crippen LogP contribution in [0.3, 0.4) is 0 Å². The van der Waals surface area contributed by atoms with Crippen molar-refractivity contribution in [2.45, 2.75) is 0 Å². The molecule has 0 aliphatic carbocycles. The van der Waals surface area contributed by atoms with Crippen molar-refractivity contribution in [3.05, 3.63) is 11.1 Å². The van der Waals surface area contributed by atoms with Crippen molar-refractivity contribution < 1.29 is 14.4 Å². The van der Waals surface area contributed by atoms with Crippen LogP contribution in [0.2, 0.25) is 0 Å². The summed E-state index contributed by atoms with van der Waals surface area (Å²) in [6.45, 7) is 0. The van der Waals surface area contributed by atoms with Crippen molar-refractivity contribution in [2.75, 3.05) is 0 Å². The van der Waals surface area contributed by atoms with E-state index in [2.05, 4.69) is 15.1 Å². The van der Waals surface area contributed by atoms with Gasteiger partial charge in [-0.1, -0.05) is 4.91 Å². The third-order valence-electron chi connectivity index (χ3n) is 0.519. The van der Waals surface area contributed by atoms with Gasteiger partial charge in [-0.2, -0.15) is 0 Å². The molecule has 1 aromatic heterocycles. The molecule has 0 unspecified atom stereocenters. The zero-order valence-electron chi connectivity index (χ0n) is 3.64. The third-order valence-corrected chi connectivity index (χ3v) is 0.519. The van der Waals surface area contributed by atoms with Gasteiger partial charge in [-0.3, -0.25) is 0 Å². The molecule has 8 heavy (non-hydrogen) atoms. The van der Waals surface area contributed by atoms with Crippen molar-refractivity contribution in [3.63, 3.8) is 0 Å². The zero-order chi connectivity index (χ0) is 5.98. The van der Waals surface area contributed by atoms with E-state index in [1.807, 2.05) is 0 Å². The predicted octanol–water partition coefficient (Wildman–Crippen LogP) is -1.43. The fourth-order valence-electron chi connectivity index (χ4n) is 0.262. The Hall–Kier alpha value is -1.46. The van der Waals surface area contributed by atoms with Gasteiger partial charge in [0.2, 0.25) is 0 Å². The lowest BCUT2D eigenvalue weighted by Crippen LogP contribution is -2.26. The van der Waals surface area contributed by atoms with Gasteiger partial charge in [0, 0.05) is 0 Å². The highest BCUT2D eigenvalue weighted by atomic mass is 16.6. The molecule has 0 amide bonds. The molecule has 1 heterocycles. The highest BCUT2D eigenvalue weighted by Gasteiger charge is 1.99. The predicted molar refractivity (Wildman–Crippen MR) is 17.3 cm³/mol. The number of hydrogen-bond donors (Lipinski definition) is 0. The van der Waals surface area contributed by atoms with Crippen molar-refractivity contribution in [3.8, 4) is 5.95 Å². The van der Waals surface area contributed by atoms with Crippen LogP contribution in [0.25, 0.3) is 0 Å². The first-order valence-electron chi connectivity index (χ1n) is 1.72. The number of aromatic nitrogens is 2. The van der Waals surface area contributed by atoms with Gasteiger partial charge in [0.05, 0.1) is 0 Å². The van der Waals surface area contributed by atoms with E-state index in [1.54, 1.807) is 0 Å². The quantitative estimate of drug-likeness (QED) is 0.331. The van der Waals surface area contributed by atoms with Crippen molar-refractivity contribution in [1.82, 2.24) is 5.27 Å². The van der Waals surface area contributed by atoms with Crippen LogP contribution in [0.5, 0.6) is 5.95 Å². The maximum absolute atomic E-state index is 10.0. The van der Waals surface area contributed by atoms with Crippen LogP contribution >= 0.6 is 0 Å². The Kier molecular flexibility index (Phi) is 0.918. The Morgan fingerprint density at radius 3 is 3.00 bits per heavy atom. The molecule has 1 rings (SSSR count). The fraction of sp³-hybridized carbons (Fsp3) is 0. The molecule has 42 valence electrons. The average Bonchev–Trinajstić information content (AvgIpc) is 2.14. The van der Waals surface area contributed by atoms with Crippen molar-refractivity contribution >= 4 is 0 Å². The molecule has 6 nitrogen and oxygen atoms in total. The Bertz CT molecular complexity index is 194. The minimum Gasteiger partial charge on any atom is -0.539 e. The van der Waals surface area contributed by atoms with E-state index in [0.29, 0.717) is 4.79 Å². The third kappa shape index (κ3) is 0.625. The Morgan fingerprint density at radius 2 is 2.75 bits per heavy atom. The van der Waals surface area contributed by atoms with Gasteiger partial charge in [-0.05, 0) is 0 Å². The summed E-state index contributed by atoms with van der Waals surface area (Å²) >= 11 is 0. The lowest BCUT2D eigenvalue weighted by molar-refractivity contribution is -0.748. The molecule has 1 aromatic rings. The van der Waals surface area contributed by atoms with Crippen LogP contribution in [0.1, 0.15) is 0 Å². The molecular weight excluding hydrogens is 114 g/mol. The van der Waals surface area contributed by atoms with E-state index in [0.717, 1.165) is 6.20 Å². The number of nitroso groups, excluding NO2 is 1. The first-order chi connectivity index (χ1) is 3.83. The minimum atomic E-state index is -0.690. The molecule has 0 atom stereocenters. The highest BCUT2D eigenvalue weighted by molar-refractivity contribution is 4.79. The summed E-state index contributed by atoms with van der Waals surface area (Å²) in [4.78, 5) is 9.97. The second-order valence-corrected chi connectivity index (χ2v) is 1.02. The molecule has 0 N–H and O–H groups in total. The maximum atomic E-state index is 10.0. The number of rotatable bonds is 1. The molecule has 0 aliphatic rings. The summed E-state index contributed by atoms with van der Waals surface area (Å²) in [7, 11) is 0. The summed E-state index contributed by atoms with van der Waals surface area (Å²) in [5.74, 6) is -0.690. The lowest BCUT2D eigenvalue weighted by atomic mass is 10.9. The van der Waals surface area contributed by atoms with Crippen LogP contribution in [0, 0.1) is 4.91 Å². The molecule has 0 aromatic carbocycles. The summed E-state index contributed by atoms with van der Waals surface area (Å²) in [6.07, 6.45) is 0.826. The van der Waals surface area contributed by atoms with Gasteiger partial charge in [0.15, 0.2) is 5.95 Å². The van der Waals surface area contributed by atoms with Crippen LogP contribution in [-0.4, -0.2) is 5.27 Å². The summed E-state index contributed by atoms with van der Waals surface area (Å²) < 4.78 is 3.92. The Morgan fingerprint density at radius 1 is 2.00 bits per heavy atom. The van der Waals surface area contributed by atoms with E-state index in [4.69, 9.17) is 0 Å². The Labute approximate surface area is 43.3 Å². The molecule has 0 radical (unpaired) electrons. The largest absolute Gasteiger partial charge is 0.539 e. The van der Waals surface area contributed by atoms with Gasteiger partial charge in [-0.25, -0.2) is 0 Å². The van der Waals surface area contributed by atoms with Crippen LogP contribution in [-0.2, 0) is 0 Å². The van der Waals surface area contributed by atoms with Crippen molar-refractivity contribution in [2.24, 2.45) is 5.29 Å². The van der Waals surface area contributed by atoms with Gasteiger partial charge in [0.25, 0.3) is 11.5 Å². The highest BCUT2D eigenvalue weighted by Crippen LogP contribution is 1.90. The van der Waals surface area contributed by atoms with E-state index in [1.165, 1.54) is 0 Å². The molecular formula is C2HN3O3. The summed E-state index contributed by atoms with van der Waals surface area (Å²) in [6, 6.07) is 0. The fourth-order valence-corrected chi connectivity index (χ4v) is 0.262. The topological polar surface area (TPSA) is 82.4 Å². The standard InChI is InChI=1S/C2HN3O3/c6-2-1-5(3-7)4-8-2/h1H. The number of hydrogen-bond acceptors (Lipinski definition) is 5. The first-order valence-corrected chi connectivity index (χ1v) is 1.72. The van der Waals surface area contributed by atoms with Gasteiger partial charge >= 0.3 is 0 Å². The summed E-state index contributed by atoms with van der Waals surface area (Å²) in [5, 5.41) is 15.1. The normalized spacial score (nSPS) is 9.00. The zero-order valence-corrected chi connectivity index (χ0v) is 3.64. The van der Waals surface area contributed by atoms with Gasteiger partial charge < -0.3 is 9.63 Å². The molecule has 0 saturated heterocycles. The molecule has 0 bridgehead atoms. The van der Waals surface area contributed by atoms with Crippen LogP contribution < -0.4 is 9.90 Å². The van der Waals surface area contributed by atoms with Crippen LogP contribution in [0.15, 0.2) is 16.0 Å². The minimum absolute atomic E-state index is 0.502.